The fraction of sp³-hybridized carbons (Fsp3) is 0.618. The van der Waals surface area contributed by atoms with Crippen LogP contribution in [0.3, 0.4) is 0 Å². The third-order valence-electron chi connectivity index (χ3n) is 8.54. The Kier molecular flexibility index (Phi) is 12.6. The molecule has 0 bridgehead atoms. The second-order valence-electron chi connectivity index (χ2n) is 13.6. The minimum Gasteiger partial charge on any atom is -0.479 e. The molecular weight excluding hydrogens is 592 g/mol. The second-order valence-corrected chi connectivity index (χ2v) is 13.6. The number of carboxylic acids is 1. The smallest absolute Gasteiger partial charge is 0.409 e. The van der Waals surface area contributed by atoms with E-state index in [-0.39, 0.29) is 32.0 Å². The standard InChI is InChI=1S/C34H50N4O8/c1-23-15-11-8-7-9-14-18-26(35-31(43)46-33(2,3)4)29(40)38-21-25(19-27(38)28(39)36-34(23,5)30(41)42)20-37(6)32(44)45-22-24-16-12-10-13-17-24/h10-13,15-17,23,25-27H,7-9,14,18-22H2,1-6H3,(H,35,43)(H,36,39)(H,41,42)/b15-11-/t23?,25-,26+,27-,34+/m0/s1. The number of hydrogen-bond donors (Lipinski definition) is 3. The number of aliphatic carboxylic acids is 1. The molecule has 0 aliphatic carbocycles. The molecule has 0 radical (unpaired) electrons. The van der Waals surface area contributed by atoms with Gasteiger partial charge in [-0.25, -0.2) is 14.4 Å². The number of rotatable bonds is 6. The van der Waals surface area contributed by atoms with Gasteiger partial charge in [0.15, 0.2) is 0 Å². The maximum absolute atomic E-state index is 14.1. The fourth-order valence-electron chi connectivity index (χ4n) is 5.73. The third-order valence-corrected chi connectivity index (χ3v) is 8.54. The Morgan fingerprint density at radius 1 is 1.13 bits per heavy atom. The summed E-state index contributed by atoms with van der Waals surface area (Å²) in [5.74, 6) is -3.11. The van der Waals surface area contributed by atoms with Gasteiger partial charge in [0.25, 0.3) is 0 Å². The van der Waals surface area contributed by atoms with E-state index in [0.29, 0.717) is 19.3 Å². The zero-order chi connectivity index (χ0) is 34.1. The number of nitrogens with one attached hydrogen (secondary N) is 2. The molecule has 1 saturated heterocycles. The summed E-state index contributed by atoms with van der Waals surface area (Å²) in [6, 6.07) is 7.30. The Morgan fingerprint density at radius 3 is 2.48 bits per heavy atom. The Balaban J connectivity index is 1.87. The highest BCUT2D eigenvalue weighted by molar-refractivity contribution is 5.94. The van der Waals surface area contributed by atoms with Gasteiger partial charge < -0.3 is 35.0 Å². The monoisotopic (exact) mass is 642 g/mol. The number of hydrogen-bond acceptors (Lipinski definition) is 7. The summed E-state index contributed by atoms with van der Waals surface area (Å²) in [6.07, 6.45) is 5.92. The lowest BCUT2D eigenvalue weighted by Gasteiger charge is -2.34. The van der Waals surface area contributed by atoms with Crippen LogP contribution in [0.5, 0.6) is 0 Å². The molecule has 1 fully saturated rings. The van der Waals surface area contributed by atoms with Crippen LogP contribution in [-0.2, 0) is 30.5 Å². The quantitative estimate of drug-likeness (QED) is 0.384. The maximum atomic E-state index is 14.1. The van der Waals surface area contributed by atoms with E-state index in [1.165, 1.54) is 16.7 Å². The molecule has 3 N–H and O–H groups in total. The second kappa shape index (κ2) is 16.0. The molecule has 0 saturated carbocycles. The fourth-order valence-corrected chi connectivity index (χ4v) is 5.73. The molecule has 12 heteroatoms. The van der Waals surface area contributed by atoms with Crippen molar-refractivity contribution >= 4 is 30.0 Å². The molecule has 3 rings (SSSR count). The van der Waals surface area contributed by atoms with Gasteiger partial charge in [0.1, 0.15) is 29.8 Å². The number of benzene rings is 1. The molecule has 2 aliphatic heterocycles. The number of carbonyl (C=O) groups excluding carboxylic acids is 4. The van der Waals surface area contributed by atoms with Crippen LogP contribution in [0.4, 0.5) is 9.59 Å². The van der Waals surface area contributed by atoms with Gasteiger partial charge in [-0.2, -0.15) is 0 Å². The van der Waals surface area contributed by atoms with Crippen molar-refractivity contribution in [3.05, 3.63) is 48.0 Å². The molecular formula is C34H50N4O8. The molecule has 0 aromatic heterocycles. The topological polar surface area (TPSA) is 155 Å². The molecule has 0 spiro atoms. The van der Waals surface area contributed by atoms with Gasteiger partial charge in [-0.05, 0) is 64.9 Å². The zero-order valence-electron chi connectivity index (χ0n) is 27.9. The van der Waals surface area contributed by atoms with Crippen molar-refractivity contribution in [2.75, 3.05) is 20.1 Å². The van der Waals surface area contributed by atoms with Crippen molar-refractivity contribution in [1.82, 2.24) is 20.4 Å². The summed E-state index contributed by atoms with van der Waals surface area (Å²) in [7, 11) is 1.59. The molecule has 1 aromatic rings. The van der Waals surface area contributed by atoms with Crippen LogP contribution in [0, 0.1) is 11.8 Å². The van der Waals surface area contributed by atoms with Gasteiger partial charge >= 0.3 is 18.2 Å². The van der Waals surface area contributed by atoms with Crippen molar-refractivity contribution in [3.63, 3.8) is 0 Å². The minimum absolute atomic E-state index is 0.0999. The number of nitrogens with zero attached hydrogens (tertiary/aromatic N) is 2. The predicted octanol–water partition coefficient (Wildman–Crippen LogP) is 4.48. The number of alkyl carbamates (subject to hydrolysis) is 1. The molecule has 2 heterocycles. The summed E-state index contributed by atoms with van der Waals surface area (Å²) in [5.41, 5.74) is -1.57. The van der Waals surface area contributed by atoms with E-state index in [2.05, 4.69) is 10.6 Å². The van der Waals surface area contributed by atoms with Crippen LogP contribution in [0.2, 0.25) is 0 Å². The molecule has 12 nitrogen and oxygen atoms in total. The first-order valence-electron chi connectivity index (χ1n) is 16.0. The largest absolute Gasteiger partial charge is 0.479 e. The number of ether oxygens (including phenoxy) is 2. The van der Waals surface area contributed by atoms with Gasteiger partial charge in [-0.1, -0.05) is 62.2 Å². The normalized spacial score (nSPS) is 26.9. The van der Waals surface area contributed by atoms with Crippen LogP contribution >= 0.6 is 0 Å². The molecule has 4 amide bonds. The van der Waals surface area contributed by atoms with E-state index < -0.39 is 59.1 Å². The van der Waals surface area contributed by atoms with Crippen molar-refractivity contribution in [2.24, 2.45) is 11.8 Å². The van der Waals surface area contributed by atoms with Crippen molar-refractivity contribution < 1.29 is 38.6 Å². The van der Waals surface area contributed by atoms with Gasteiger partial charge in [-0.3, -0.25) is 9.59 Å². The number of carbonyl (C=O) groups is 5. The minimum atomic E-state index is -1.63. The van der Waals surface area contributed by atoms with Crippen LogP contribution < -0.4 is 10.6 Å². The number of allylic oxidation sites excluding steroid dienone is 1. The highest BCUT2D eigenvalue weighted by Crippen LogP contribution is 2.29. The first-order chi connectivity index (χ1) is 21.6. The van der Waals surface area contributed by atoms with Crippen LogP contribution in [-0.4, -0.2) is 88.2 Å². The van der Waals surface area contributed by atoms with Gasteiger partial charge in [0.2, 0.25) is 11.8 Å². The lowest BCUT2D eigenvalue weighted by molar-refractivity contribution is -0.150. The first kappa shape index (κ1) is 36.4. The van der Waals surface area contributed by atoms with Gasteiger partial charge in [-0.15, -0.1) is 0 Å². The lowest BCUT2D eigenvalue weighted by atomic mass is 9.85. The highest BCUT2D eigenvalue weighted by Gasteiger charge is 2.47. The average Bonchev–Trinajstić information content (AvgIpc) is 3.41. The zero-order valence-corrected chi connectivity index (χ0v) is 27.9. The molecule has 46 heavy (non-hydrogen) atoms. The SMILES string of the molecule is CC1/C=C\CCCCC[C@@H](NC(=O)OC(C)(C)C)C(=O)N2C[C@H](CN(C)C(=O)OCc3ccccc3)C[C@H]2C(=O)N[C@@]1(C)C(=O)O. The Bertz CT molecular complexity index is 1260. The summed E-state index contributed by atoms with van der Waals surface area (Å²) >= 11 is 0. The Hall–Kier alpha value is -4.09. The first-order valence-corrected chi connectivity index (χ1v) is 16.0. The van der Waals surface area contributed by atoms with Crippen molar-refractivity contribution in [3.8, 4) is 0 Å². The predicted molar refractivity (Wildman–Crippen MR) is 172 cm³/mol. The van der Waals surface area contributed by atoms with E-state index in [4.69, 9.17) is 9.47 Å². The molecule has 2 aliphatic rings. The highest BCUT2D eigenvalue weighted by atomic mass is 16.6. The van der Waals surface area contributed by atoms with E-state index in [0.717, 1.165) is 18.4 Å². The Labute approximate surface area is 271 Å². The van der Waals surface area contributed by atoms with E-state index in [1.807, 2.05) is 36.4 Å². The van der Waals surface area contributed by atoms with Crippen LogP contribution in [0.25, 0.3) is 0 Å². The van der Waals surface area contributed by atoms with E-state index >= 15 is 0 Å². The van der Waals surface area contributed by atoms with Gasteiger partial charge in [0, 0.05) is 26.1 Å². The van der Waals surface area contributed by atoms with Crippen LogP contribution in [0.1, 0.15) is 78.7 Å². The number of amides is 4. The van der Waals surface area contributed by atoms with E-state index in [9.17, 15) is 29.1 Å². The summed E-state index contributed by atoms with van der Waals surface area (Å²) in [5, 5.41) is 15.6. The average molecular weight is 643 g/mol. The Morgan fingerprint density at radius 2 is 1.83 bits per heavy atom. The summed E-state index contributed by atoms with van der Waals surface area (Å²) < 4.78 is 10.9. The van der Waals surface area contributed by atoms with Crippen molar-refractivity contribution in [2.45, 2.75) is 103 Å². The summed E-state index contributed by atoms with van der Waals surface area (Å²) in [4.78, 5) is 68.9. The molecule has 1 unspecified atom stereocenters. The maximum Gasteiger partial charge on any atom is 0.409 e. The molecule has 1 aromatic carbocycles. The van der Waals surface area contributed by atoms with Crippen molar-refractivity contribution in [1.29, 1.82) is 0 Å². The molecule has 5 atom stereocenters. The number of carboxylic acid groups (broad SMARTS) is 1. The lowest BCUT2D eigenvalue weighted by Crippen LogP contribution is -2.61. The molecule has 254 valence electrons. The summed E-state index contributed by atoms with van der Waals surface area (Å²) in [6.45, 7) is 8.80. The van der Waals surface area contributed by atoms with Gasteiger partial charge in [0.05, 0.1) is 0 Å². The van der Waals surface area contributed by atoms with Crippen LogP contribution in [0.15, 0.2) is 42.5 Å². The third kappa shape index (κ3) is 10.2. The number of fused-ring (bicyclic) bond motifs is 1. The van der Waals surface area contributed by atoms with E-state index in [1.54, 1.807) is 40.8 Å².